The highest BCUT2D eigenvalue weighted by atomic mass is 14.9. The van der Waals surface area contributed by atoms with Gasteiger partial charge in [-0.15, -0.1) is 0 Å². The van der Waals surface area contributed by atoms with E-state index in [0.717, 1.165) is 12.8 Å². The third-order valence-electron chi connectivity index (χ3n) is 4.13. The van der Waals surface area contributed by atoms with Crippen LogP contribution in [0.1, 0.15) is 55.3 Å². The van der Waals surface area contributed by atoms with Gasteiger partial charge in [0, 0.05) is 0 Å². The Hall–Kier alpha value is -1.33. The minimum atomic E-state index is -0.172. The number of hydrogen-bond acceptors (Lipinski definition) is 2. The number of nitriles is 1. The first-order valence-electron chi connectivity index (χ1n) is 6.73. The summed E-state index contributed by atoms with van der Waals surface area (Å²) in [6, 6.07) is 9.34. The van der Waals surface area contributed by atoms with E-state index in [1.54, 1.807) is 0 Å². The van der Waals surface area contributed by atoms with Gasteiger partial charge in [-0.1, -0.05) is 32.0 Å². The van der Waals surface area contributed by atoms with Crippen LogP contribution >= 0.6 is 0 Å². The average Bonchev–Trinajstić information content (AvgIpc) is 3.13. The Morgan fingerprint density at radius 2 is 2.00 bits per heavy atom. The predicted octanol–water partition coefficient (Wildman–Crippen LogP) is 3.68. The van der Waals surface area contributed by atoms with Crippen LogP contribution in [0.3, 0.4) is 0 Å². The Morgan fingerprint density at radius 3 is 2.44 bits per heavy atom. The molecule has 1 N–H and O–H groups in total. The second-order valence-corrected chi connectivity index (χ2v) is 5.76. The summed E-state index contributed by atoms with van der Waals surface area (Å²) >= 11 is 0. The lowest BCUT2D eigenvalue weighted by molar-refractivity contribution is 0.442. The summed E-state index contributed by atoms with van der Waals surface area (Å²) in [4.78, 5) is 0. The van der Waals surface area contributed by atoms with Gasteiger partial charge in [0.2, 0.25) is 0 Å². The molecule has 0 spiro atoms. The first-order chi connectivity index (χ1) is 8.54. The highest BCUT2D eigenvalue weighted by Gasteiger charge is 2.50. The van der Waals surface area contributed by atoms with E-state index in [0.29, 0.717) is 5.92 Å². The molecule has 0 aromatic heterocycles. The molecule has 18 heavy (non-hydrogen) atoms. The topological polar surface area (TPSA) is 35.8 Å². The lowest BCUT2D eigenvalue weighted by Crippen LogP contribution is -2.26. The first kappa shape index (κ1) is 13.1. The van der Waals surface area contributed by atoms with Crippen LogP contribution in [0.25, 0.3) is 0 Å². The summed E-state index contributed by atoms with van der Waals surface area (Å²) in [5.41, 5.74) is 3.75. The zero-order chi connectivity index (χ0) is 13.3. The fourth-order valence-corrected chi connectivity index (χ4v) is 2.66. The van der Waals surface area contributed by atoms with E-state index in [1.807, 2.05) is 7.05 Å². The van der Waals surface area contributed by atoms with Crippen LogP contribution in [0.2, 0.25) is 0 Å². The average molecular weight is 242 g/mol. The molecule has 0 amide bonds. The van der Waals surface area contributed by atoms with E-state index < -0.39 is 0 Å². The molecule has 0 aliphatic heterocycles. The lowest BCUT2D eigenvalue weighted by atomic mass is 9.86. The van der Waals surface area contributed by atoms with Crippen LogP contribution in [0.4, 0.5) is 0 Å². The smallest absolute Gasteiger partial charge is 0.0769 e. The Morgan fingerprint density at radius 1 is 1.33 bits per heavy atom. The van der Waals surface area contributed by atoms with Gasteiger partial charge in [0.15, 0.2) is 0 Å². The van der Waals surface area contributed by atoms with Crippen molar-refractivity contribution in [2.45, 2.75) is 45.6 Å². The van der Waals surface area contributed by atoms with Crippen molar-refractivity contribution in [3.05, 3.63) is 34.9 Å². The molecule has 1 aromatic carbocycles. The van der Waals surface area contributed by atoms with Crippen molar-refractivity contribution in [2.75, 3.05) is 7.05 Å². The van der Waals surface area contributed by atoms with Gasteiger partial charge in [0.25, 0.3) is 0 Å². The minimum Gasteiger partial charge on any atom is -0.312 e. The summed E-state index contributed by atoms with van der Waals surface area (Å²) in [5, 5.41) is 12.8. The number of nitrogens with one attached hydrogen (secondary N) is 1. The fraction of sp³-hybridized carbons (Fsp3) is 0.562. The van der Waals surface area contributed by atoms with E-state index in [9.17, 15) is 5.26 Å². The monoisotopic (exact) mass is 242 g/mol. The van der Waals surface area contributed by atoms with Crippen LogP contribution in [-0.4, -0.2) is 7.05 Å². The van der Waals surface area contributed by atoms with E-state index in [2.05, 4.69) is 50.4 Å². The van der Waals surface area contributed by atoms with Crippen molar-refractivity contribution in [1.29, 1.82) is 5.26 Å². The molecule has 1 saturated carbocycles. The summed E-state index contributed by atoms with van der Waals surface area (Å²) in [7, 11) is 1.96. The highest BCUT2D eigenvalue weighted by molar-refractivity contribution is 5.38. The van der Waals surface area contributed by atoms with Crippen LogP contribution < -0.4 is 5.32 Å². The van der Waals surface area contributed by atoms with Crippen LogP contribution in [0.5, 0.6) is 0 Å². The molecular weight excluding hydrogens is 220 g/mol. The molecule has 1 fully saturated rings. The lowest BCUT2D eigenvalue weighted by Gasteiger charge is -2.24. The largest absolute Gasteiger partial charge is 0.312 e. The number of benzene rings is 1. The Bertz CT molecular complexity index is 478. The highest BCUT2D eigenvalue weighted by Crippen LogP contribution is 2.54. The molecule has 0 bridgehead atoms. The van der Waals surface area contributed by atoms with Gasteiger partial charge in [-0.2, -0.15) is 5.26 Å². The van der Waals surface area contributed by atoms with Crippen molar-refractivity contribution in [3.63, 3.8) is 0 Å². The van der Waals surface area contributed by atoms with Gasteiger partial charge in [-0.05, 0) is 49.4 Å². The second kappa shape index (κ2) is 4.74. The Balaban J connectivity index is 2.42. The van der Waals surface area contributed by atoms with E-state index >= 15 is 0 Å². The maximum atomic E-state index is 9.40. The van der Waals surface area contributed by atoms with Crippen LogP contribution in [0.15, 0.2) is 18.2 Å². The summed E-state index contributed by atoms with van der Waals surface area (Å²) in [5.74, 6) is 0.527. The molecule has 2 heteroatoms. The van der Waals surface area contributed by atoms with Crippen molar-refractivity contribution in [3.8, 4) is 6.07 Å². The number of nitrogens with zero attached hydrogens (tertiary/aromatic N) is 1. The Labute approximate surface area is 110 Å². The fourth-order valence-electron chi connectivity index (χ4n) is 2.66. The quantitative estimate of drug-likeness (QED) is 0.874. The van der Waals surface area contributed by atoms with Crippen molar-refractivity contribution in [1.82, 2.24) is 5.32 Å². The molecule has 1 aliphatic carbocycles. The summed E-state index contributed by atoms with van der Waals surface area (Å²) in [6.07, 6.45) is 2.03. The van der Waals surface area contributed by atoms with Gasteiger partial charge in [-0.25, -0.2) is 0 Å². The van der Waals surface area contributed by atoms with Crippen molar-refractivity contribution in [2.24, 2.45) is 5.41 Å². The zero-order valence-corrected chi connectivity index (χ0v) is 11.7. The predicted molar refractivity (Wildman–Crippen MR) is 74.3 cm³/mol. The SMILES string of the molecule is CNC(c1cc(C(C)C)ccc1C)C1(C#N)CC1. The first-order valence-corrected chi connectivity index (χ1v) is 6.73. The van der Waals surface area contributed by atoms with Crippen LogP contribution in [-0.2, 0) is 0 Å². The third kappa shape index (κ3) is 2.15. The van der Waals surface area contributed by atoms with Gasteiger partial charge in [0.05, 0.1) is 17.5 Å². The number of aryl methyl sites for hydroxylation is 1. The maximum Gasteiger partial charge on any atom is 0.0769 e. The van der Waals surface area contributed by atoms with Gasteiger partial charge in [-0.3, -0.25) is 0 Å². The molecule has 2 rings (SSSR count). The standard InChI is InChI=1S/C16H22N2/c1-11(2)13-6-5-12(3)14(9-13)15(18-4)16(10-17)7-8-16/h5-6,9,11,15,18H,7-8H2,1-4H3. The van der Waals surface area contributed by atoms with Crippen molar-refractivity contribution >= 4 is 0 Å². The van der Waals surface area contributed by atoms with E-state index in [4.69, 9.17) is 0 Å². The van der Waals surface area contributed by atoms with E-state index in [1.165, 1.54) is 16.7 Å². The van der Waals surface area contributed by atoms with Gasteiger partial charge in [0.1, 0.15) is 0 Å². The molecule has 1 atom stereocenters. The molecule has 96 valence electrons. The van der Waals surface area contributed by atoms with Gasteiger partial charge < -0.3 is 5.32 Å². The summed E-state index contributed by atoms with van der Waals surface area (Å²) < 4.78 is 0. The van der Waals surface area contributed by atoms with Gasteiger partial charge >= 0.3 is 0 Å². The second-order valence-electron chi connectivity index (χ2n) is 5.76. The molecule has 1 aliphatic rings. The molecule has 0 saturated heterocycles. The van der Waals surface area contributed by atoms with Crippen LogP contribution in [0, 0.1) is 23.7 Å². The molecule has 0 heterocycles. The number of rotatable bonds is 4. The molecule has 2 nitrogen and oxygen atoms in total. The number of hydrogen-bond donors (Lipinski definition) is 1. The normalized spacial score (nSPS) is 18.4. The minimum absolute atomic E-state index is 0.168. The third-order valence-corrected chi connectivity index (χ3v) is 4.13. The Kier molecular flexibility index (Phi) is 3.45. The maximum absolute atomic E-state index is 9.40. The van der Waals surface area contributed by atoms with Crippen molar-refractivity contribution < 1.29 is 0 Å². The molecule has 0 radical (unpaired) electrons. The molecular formula is C16H22N2. The molecule has 1 aromatic rings. The molecule has 1 unspecified atom stereocenters. The van der Waals surface area contributed by atoms with E-state index in [-0.39, 0.29) is 11.5 Å². The zero-order valence-electron chi connectivity index (χ0n) is 11.7. The summed E-state index contributed by atoms with van der Waals surface area (Å²) in [6.45, 7) is 6.55.